The Hall–Kier alpha value is -1.94. The SMILES string of the molecule is CCC(=O)C(CSCC1C[C@@H]2C[C@@H]3C(CO)O[C@H](O[C@@H]4C(CO)O[C@H](O[C@@H]5C(CSC[C@@H](NC)C(=O)CC)O[C@H](O[C@@H]6C(CO)O[C@H](O[C@@H]7C(CO)O[C@H](O[C@@H]8C(CO)O[C@H](O[C@H]1[C@H](O)C2O)C(O)[C@H]8O)C(O)[C@H]7O)C(O)[C@H]6O)C(O)[C@H]5O)C(O)[C@H]4O)C(O)[C@H]3O)CC(=O)CCOCCC(C)=O. The molecule has 37 nitrogen and oxygen atoms in total. The van der Waals surface area contributed by atoms with Crippen molar-refractivity contribution in [2.75, 3.05) is 76.3 Å². The van der Waals surface area contributed by atoms with E-state index in [4.69, 9.17) is 61.6 Å². The second kappa shape index (κ2) is 39.6. The highest BCUT2D eigenvalue weighted by atomic mass is 32.2. The molecular formula is C63H105NO36S2. The molecule has 590 valence electrons. The molecule has 37 atom stereocenters. The molecule has 0 aromatic rings. The summed E-state index contributed by atoms with van der Waals surface area (Å²) in [6.45, 7) is -0.314. The van der Waals surface area contributed by atoms with Gasteiger partial charge in [-0.1, -0.05) is 13.8 Å². The van der Waals surface area contributed by atoms with Gasteiger partial charge in [-0.2, -0.15) is 23.5 Å². The van der Waals surface area contributed by atoms with Crippen molar-refractivity contribution in [2.45, 2.75) is 268 Å². The molecule has 39 heteroatoms. The van der Waals surface area contributed by atoms with Gasteiger partial charge in [0.2, 0.25) is 0 Å². The van der Waals surface area contributed by atoms with E-state index < -0.39 is 259 Å². The molecular weight excluding hydrogens is 1410 g/mol. The van der Waals surface area contributed by atoms with Gasteiger partial charge in [0.1, 0.15) is 151 Å². The van der Waals surface area contributed by atoms with E-state index in [0.29, 0.717) is 0 Å². The minimum Gasteiger partial charge on any atom is -0.394 e. The summed E-state index contributed by atoms with van der Waals surface area (Å²) < 4.78 is 77.3. The summed E-state index contributed by atoms with van der Waals surface area (Å²) in [5, 5.41) is 222. The number of likely N-dealkylation sites (N-methyl/N-ethyl adjacent to an activating group) is 1. The maximum atomic E-state index is 13.4. The molecule has 1 saturated carbocycles. The number of hydrogen-bond acceptors (Lipinski definition) is 39. The first-order valence-corrected chi connectivity index (χ1v) is 36.8. The van der Waals surface area contributed by atoms with Crippen LogP contribution >= 0.6 is 23.5 Å². The Morgan fingerprint density at radius 1 is 0.412 bits per heavy atom. The zero-order valence-corrected chi connectivity index (χ0v) is 58.5. The van der Waals surface area contributed by atoms with E-state index >= 15 is 0 Å². The van der Waals surface area contributed by atoms with Crippen molar-refractivity contribution in [3.05, 3.63) is 0 Å². The lowest BCUT2D eigenvalue weighted by Crippen LogP contribution is -2.68. The van der Waals surface area contributed by atoms with E-state index in [2.05, 4.69) is 5.32 Å². The van der Waals surface area contributed by atoms with Gasteiger partial charge in [0.15, 0.2) is 37.7 Å². The van der Waals surface area contributed by atoms with E-state index in [-0.39, 0.29) is 104 Å². The van der Waals surface area contributed by atoms with Gasteiger partial charge in [-0.05, 0) is 44.4 Å². The number of hydrogen-bond donors (Lipinski definition) is 20. The van der Waals surface area contributed by atoms with Gasteiger partial charge >= 0.3 is 0 Å². The smallest absolute Gasteiger partial charge is 0.187 e. The van der Waals surface area contributed by atoms with Gasteiger partial charge in [-0.15, -0.1) is 0 Å². The maximum Gasteiger partial charge on any atom is 0.187 e. The number of aliphatic hydroxyl groups is 19. The minimum atomic E-state index is -2.23. The highest BCUT2D eigenvalue weighted by Crippen LogP contribution is 2.44. The lowest BCUT2D eigenvalue weighted by atomic mass is 9.70. The Labute approximate surface area is 595 Å². The highest BCUT2D eigenvalue weighted by Gasteiger charge is 2.59. The summed E-state index contributed by atoms with van der Waals surface area (Å²) in [6.07, 6.45) is -62.9. The topological polar surface area (TPSA) is 585 Å². The predicted octanol–water partition coefficient (Wildman–Crippen LogP) is -9.71. The predicted molar refractivity (Wildman–Crippen MR) is 342 cm³/mol. The molecule has 0 aromatic heterocycles. The third kappa shape index (κ3) is 20.2. The minimum absolute atomic E-state index is 0.00184. The molecule has 15 unspecified atom stereocenters. The number of Topliss-reactive ketones (excluding diaryl/α,β-unsaturated/α-hetero) is 4. The van der Waals surface area contributed by atoms with Crippen LogP contribution in [0, 0.1) is 23.7 Å². The number of thioether (sulfide) groups is 2. The Balaban J connectivity index is 1.11. The van der Waals surface area contributed by atoms with E-state index in [1.54, 1.807) is 20.9 Å². The number of carbonyl (C=O) groups excluding carboxylic acids is 4. The van der Waals surface area contributed by atoms with Crippen molar-refractivity contribution in [2.24, 2.45) is 23.7 Å². The molecule has 1 aliphatic carbocycles. The lowest BCUT2D eigenvalue weighted by Gasteiger charge is -2.50. The monoisotopic (exact) mass is 1520 g/mol. The number of ether oxygens (including phenoxy) is 13. The van der Waals surface area contributed by atoms with Gasteiger partial charge < -0.3 is 164 Å². The average molecular weight is 1520 g/mol. The number of aliphatic hydroxyl groups excluding tert-OH is 19. The van der Waals surface area contributed by atoms with Crippen LogP contribution in [-0.2, 0) is 80.8 Å². The normalized spacial score (nSPS) is 45.2. The first-order chi connectivity index (χ1) is 48.6. The summed E-state index contributed by atoms with van der Waals surface area (Å²) in [5.41, 5.74) is 0. The number of rotatable bonds is 26. The maximum absolute atomic E-state index is 13.4. The molecule has 20 N–H and O–H groups in total. The molecule has 20 saturated heterocycles. The molecule has 0 radical (unpaired) electrons. The Morgan fingerprint density at radius 3 is 1.16 bits per heavy atom. The van der Waals surface area contributed by atoms with Crippen molar-refractivity contribution >= 4 is 46.7 Å². The van der Waals surface area contributed by atoms with Crippen molar-refractivity contribution in [3.8, 4) is 0 Å². The van der Waals surface area contributed by atoms with Gasteiger partial charge in [-0.3, -0.25) is 19.2 Å². The molecule has 0 amide bonds. The van der Waals surface area contributed by atoms with Crippen LogP contribution in [0.15, 0.2) is 0 Å². The molecule has 21 fully saturated rings. The van der Waals surface area contributed by atoms with Crippen LogP contribution < -0.4 is 5.32 Å². The number of nitrogens with one attached hydrogen (secondary N) is 1. The Morgan fingerprint density at radius 2 is 0.765 bits per heavy atom. The quantitative estimate of drug-likeness (QED) is 0.0358. The van der Waals surface area contributed by atoms with Crippen LogP contribution in [0.3, 0.4) is 0 Å². The second-order valence-corrected chi connectivity index (χ2v) is 29.3. The van der Waals surface area contributed by atoms with Gasteiger partial charge in [0.05, 0.1) is 82.8 Å². The summed E-state index contributed by atoms with van der Waals surface area (Å²) in [6, 6.07) is -0.704. The fraction of sp³-hybridized carbons (Fsp3) is 0.937. The largest absolute Gasteiger partial charge is 0.394 e. The van der Waals surface area contributed by atoms with Crippen LogP contribution in [0.5, 0.6) is 0 Å². The van der Waals surface area contributed by atoms with E-state index in [1.165, 1.54) is 6.92 Å². The molecule has 14 bridgehead atoms. The zero-order chi connectivity index (χ0) is 74.7. The lowest BCUT2D eigenvalue weighted by molar-refractivity contribution is -0.394. The van der Waals surface area contributed by atoms with Crippen molar-refractivity contribution in [1.82, 2.24) is 5.32 Å². The molecule has 20 heterocycles. The third-order valence-corrected chi connectivity index (χ3v) is 22.7. The third-order valence-electron chi connectivity index (χ3n) is 20.2. The van der Waals surface area contributed by atoms with Crippen LogP contribution in [0.4, 0.5) is 0 Å². The van der Waals surface area contributed by atoms with Gasteiger partial charge in [-0.25, -0.2) is 0 Å². The number of ketones is 4. The van der Waals surface area contributed by atoms with E-state index in [1.807, 2.05) is 0 Å². The fourth-order valence-electron chi connectivity index (χ4n) is 14.2. The molecule has 20 aliphatic heterocycles. The molecule has 102 heavy (non-hydrogen) atoms. The number of carbonyl (C=O) groups is 4. The summed E-state index contributed by atoms with van der Waals surface area (Å²) >= 11 is 2.22. The molecule has 0 spiro atoms. The summed E-state index contributed by atoms with van der Waals surface area (Å²) in [5.74, 6) is -5.20. The van der Waals surface area contributed by atoms with Gasteiger partial charge in [0, 0.05) is 61.2 Å². The van der Waals surface area contributed by atoms with E-state index in [0.717, 1.165) is 23.5 Å². The molecule has 21 rings (SSSR count). The van der Waals surface area contributed by atoms with Crippen molar-refractivity contribution < 1.29 is 178 Å². The Bertz CT molecular complexity index is 2590. The van der Waals surface area contributed by atoms with Crippen LogP contribution in [-0.4, -0.2) is 399 Å². The van der Waals surface area contributed by atoms with E-state index in [9.17, 15) is 116 Å². The summed E-state index contributed by atoms with van der Waals surface area (Å²) in [7, 11) is 1.55. The van der Waals surface area contributed by atoms with Crippen LogP contribution in [0.2, 0.25) is 0 Å². The van der Waals surface area contributed by atoms with Crippen LogP contribution in [0.25, 0.3) is 0 Å². The first-order valence-electron chi connectivity index (χ1n) is 34.5. The van der Waals surface area contributed by atoms with Crippen molar-refractivity contribution in [3.63, 3.8) is 0 Å². The fourth-order valence-corrected chi connectivity index (χ4v) is 16.8. The van der Waals surface area contributed by atoms with Crippen molar-refractivity contribution in [1.29, 1.82) is 0 Å². The van der Waals surface area contributed by atoms with Crippen LogP contribution in [0.1, 0.15) is 65.7 Å². The summed E-state index contributed by atoms with van der Waals surface area (Å²) in [4.78, 5) is 50.7. The Kier molecular flexibility index (Phi) is 33.3. The molecule has 0 aromatic carbocycles. The zero-order valence-electron chi connectivity index (χ0n) is 56.8. The second-order valence-electron chi connectivity index (χ2n) is 27.1. The average Bonchev–Trinajstić information content (AvgIpc) is 0.778. The molecule has 21 aliphatic rings. The van der Waals surface area contributed by atoms with Gasteiger partial charge in [0.25, 0.3) is 0 Å². The highest BCUT2D eigenvalue weighted by molar-refractivity contribution is 7.99. The first kappa shape index (κ1) is 85.7. The standard InChI is InChI=1S/C63H105NO36S2/c1-5-30(72)25(12-27(71)8-10-88-9-7-23(3)70)19-101-20-26-11-24-13-28-32(14-65)89-58(46(82)39(28)75)96-53-34(16-67)93-62(50(86)44(53)80)100-57-37(22-102-21-29(64-4)31(73)6-2)94-63(51(87)45(57)81)99-56-36(18-69)92-61(49(85)43(56)79)98-55-35(17-68)91-60(48(84)42(55)78)97-54-33(15-66)90-59(47(83)41(54)77)95-52(26)40(76)38(24)74/h24-26,28-29,32-69,74-87H,5-22H2,1-4H3/t24-,25?,26?,28-,29-,32?,33?,34?,35?,36?,37?,38?,39+,40-,41-,42-,43-,44-,45-,46?,47?,48?,49?,50?,51?,52-,53-,54-,55-,56-,57-,58-,59-,60-,61-,62-,63-/m1/s1.